The SMILES string of the molecule is CCOC1CC(NCC(C)(C)C(C)C)C1OC. The Morgan fingerprint density at radius 2 is 2.00 bits per heavy atom. The van der Waals surface area contributed by atoms with E-state index in [-0.39, 0.29) is 12.2 Å². The molecule has 0 spiro atoms. The molecule has 0 aromatic heterocycles. The summed E-state index contributed by atoms with van der Waals surface area (Å²) in [6.45, 7) is 13.0. The Balaban J connectivity index is 2.34. The zero-order valence-corrected chi connectivity index (χ0v) is 12.2. The second kappa shape index (κ2) is 6.17. The second-order valence-electron chi connectivity index (χ2n) is 6.06. The number of hydrogen-bond donors (Lipinski definition) is 1. The molecular formula is C14H29NO2. The topological polar surface area (TPSA) is 30.5 Å². The van der Waals surface area contributed by atoms with Crippen LogP contribution in [0.15, 0.2) is 0 Å². The van der Waals surface area contributed by atoms with E-state index in [1.54, 1.807) is 7.11 Å². The maximum absolute atomic E-state index is 5.63. The predicted octanol–water partition coefficient (Wildman–Crippen LogP) is 2.45. The van der Waals surface area contributed by atoms with Crippen molar-refractivity contribution < 1.29 is 9.47 Å². The molecule has 1 rings (SSSR count). The van der Waals surface area contributed by atoms with Crippen molar-refractivity contribution in [2.75, 3.05) is 20.3 Å². The first kappa shape index (κ1) is 14.9. The first-order chi connectivity index (χ1) is 7.92. The van der Waals surface area contributed by atoms with Gasteiger partial charge in [0.15, 0.2) is 0 Å². The molecule has 0 heterocycles. The Kier molecular flexibility index (Phi) is 5.42. The number of nitrogens with one attached hydrogen (secondary N) is 1. The van der Waals surface area contributed by atoms with Crippen molar-refractivity contribution in [1.82, 2.24) is 5.32 Å². The van der Waals surface area contributed by atoms with Gasteiger partial charge in [-0.2, -0.15) is 0 Å². The summed E-state index contributed by atoms with van der Waals surface area (Å²) in [7, 11) is 1.78. The molecule has 1 aliphatic carbocycles. The van der Waals surface area contributed by atoms with Crippen LogP contribution in [0.2, 0.25) is 0 Å². The predicted molar refractivity (Wildman–Crippen MR) is 71.2 cm³/mol. The average Bonchev–Trinajstić information content (AvgIpc) is 2.22. The van der Waals surface area contributed by atoms with Crippen LogP contribution in [0.1, 0.15) is 41.0 Å². The number of ether oxygens (including phenoxy) is 2. The molecule has 17 heavy (non-hydrogen) atoms. The Hall–Kier alpha value is -0.120. The van der Waals surface area contributed by atoms with Crippen LogP contribution in [0.5, 0.6) is 0 Å². The number of rotatable bonds is 7. The van der Waals surface area contributed by atoms with Crippen molar-refractivity contribution in [3.05, 3.63) is 0 Å². The molecule has 0 radical (unpaired) electrons. The summed E-state index contributed by atoms with van der Waals surface area (Å²) < 4.78 is 11.1. The molecule has 0 saturated heterocycles. The zero-order chi connectivity index (χ0) is 13.1. The third-order valence-corrected chi connectivity index (χ3v) is 4.28. The van der Waals surface area contributed by atoms with Crippen molar-refractivity contribution in [1.29, 1.82) is 0 Å². The fraction of sp³-hybridized carbons (Fsp3) is 1.00. The molecule has 0 aromatic rings. The minimum atomic E-state index is 0.220. The van der Waals surface area contributed by atoms with E-state index < -0.39 is 0 Å². The second-order valence-corrected chi connectivity index (χ2v) is 6.06. The average molecular weight is 243 g/mol. The lowest BCUT2D eigenvalue weighted by atomic mass is 9.79. The van der Waals surface area contributed by atoms with Crippen molar-refractivity contribution in [2.24, 2.45) is 11.3 Å². The van der Waals surface area contributed by atoms with Gasteiger partial charge in [0.2, 0.25) is 0 Å². The first-order valence-corrected chi connectivity index (χ1v) is 6.80. The highest BCUT2D eigenvalue weighted by atomic mass is 16.5. The normalized spacial score (nSPS) is 29.5. The van der Waals surface area contributed by atoms with Crippen molar-refractivity contribution in [3.8, 4) is 0 Å². The summed E-state index contributed by atoms with van der Waals surface area (Å²) in [6.07, 6.45) is 1.57. The van der Waals surface area contributed by atoms with Crippen LogP contribution in [-0.2, 0) is 9.47 Å². The molecule has 3 unspecified atom stereocenters. The van der Waals surface area contributed by atoms with E-state index >= 15 is 0 Å². The minimum Gasteiger partial charge on any atom is -0.377 e. The van der Waals surface area contributed by atoms with Crippen LogP contribution in [0, 0.1) is 11.3 Å². The lowest BCUT2D eigenvalue weighted by Crippen LogP contribution is -2.61. The van der Waals surface area contributed by atoms with E-state index in [0.717, 1.165) is 19.6 Å². The zero-order valence-electron chi connectivity index (χ0n) is 12.2. The Labute approximate surface area is 106 Å². The molecule has 0 aliphatic heterocycles. The van der Waals surface area contributed by atoms with Crippen LogP contribution >= 0.6 is 0 Å². The fourth-order valence-corrected chi connectivity index (χ4v) is 2.07. The molecule has 1 saturated carbocycles. The molecule has 102 valence electrons. The van der Waals surface area contributed by atoms with Crippen LogP contribution in [0.3, 0.4) is 0 Å². The lowest BCUT2D eigenvalue weighted by Gasteiger charge is -2.45. The van der Waals surface area contributed by atoms with E-state index in [1.165, 1.54) is 0 Å². The van der Waals surface area contributed by atoms with Crippen LogP contribution in [0.25, 0.3) is 0 Å². The molecule has 3 nitrogen and oxygen atoms in total. The van der Waals surface area contributed by atoms with Gasteiger partial charge in [-0.05, 0) is 24.7 Å². The molecule has 3 heteroatoms. The van der Waals surface area contributed by atoms with Gasteiger partial charge in [-0.1, -0.05) is 27.7 Å². The van der Waals surface area contributed by atoms with Crippen molar-refractivity contribution >= 4 is 0 Å². The van der Waals surface area contributed by atoms with Crippen molar-refractivity contribution in [3.63, 3.8) is 0 Å². The molecule has 0 aromatic carbocycles. The molecule has 0 bridgehead atoms. The van der Waals surface area contributed by atoms with Gasteiger partial charge in [0.05, 0.1) is 12.2 Å². The Morgan fingerprint density at radius 3 is 2.47 bits per heavy atom. The van der Waals surface area contributed by atoms with Crippen LogP contribution in [-0.4, -0.2) is 38.5 Å². The van der Waals surface area contributed by atoms with Gasteiger partial charge < -0.3 is 14.8 Å². The molecule has 1 aliphatic rings. The lowest BCUT2D eigenvalue weighted by molar-refractivity contribution is -0.132. The minimum absolute atomic E-state index is 0.220. The fourth-order valence-electron chi connectivity index (χ4n) is 2.07. The largest absolute Gasteiger partial charge is 0.377 e. The third-order valence-electron chi connectivity index (χ3n) is 4.28. The third kappa shape index (κ3) is 3.67. The number of methoxy groups -OCH3 is 1. The summed E-state index contributed by atoms with van der Waals surface area (Å²) >= 11 is 0. The highest BCUT2D eigenvalue weighted by Crippen LogP contribution is 2.30. The van der Waals surface area contributed by atoms with E-state index in [2.05, 4.69) is 33.0 Å². The van der Waals surface area contributed by atoms with E-state index in [1.807, 2.05) is 6.92 Å². The molecule has 1 fully saturated rings. The molecule has 0 amide bonds. The smallest absolute Gasteiger partial charge is 0.0986 e. The van der Waals surface area contributed by atoms with Gasteiger partial charge in [0.1, 0.15) is 0 Å². The van der Waals surface area contributed by atoms with Gasteiger partial charge in [0, 0.05) is 26.3 Å². The summed E-state index contributed by atoms with van der Waals surface area (Å²) in [5.41, 5.74) is 0.328. The summed E-state index contributed by atoms with van der Waals surface area (Å²) in [5.74, 6) is 0.679. The van der Waals surface area contributed by atoms with E-state index in [4.69, 9.17) is 9.47 Å². The Bertz CT molecular complexity index is 228. The highest BCUT2D eigenvalue weighted by molar-refractivity contribution is 4.97. The van der Waals surface area contributed by atoms with E-state index in [0.29, 0.717) is 17.4 Å². The standard InChI is InChI=1S/C14H29NO2/c1-7-17-12-8-11(13(12)16-6)15-9-14(4,5)10(2)3/h10-13,15H,7-9H2,1-6H3. The van der Waals surface area contributed by atoms with Gasteiger partial charge in [-0.15, -0.1) is 0 Å². The summed E-state index contributed by atoms with van der Waals surface area (Å²) in [6, 6.07) is 0.453. The highest BCUT2D eigenvalue weighted by Gasteiger charge is 2.42. The monoisotopic (exact) mass is 243 g/mol. The van der Waals surface area contributed by atoms with Gasteiger partial charge in [0.25, 0.3) is 0 Å². The number of hydrogen-bond acceptors (Lipinski definition) is 3. The van der Waals surface area contributed by atoms with Gasteiger partial charge in [-0.25, -0.2) is 0 Å². The quantitative estimate of drug-likeness (QED) is 0.745. The summed E-state index contributed by atoms with van der Waals surface area (Å²) in [5, 5.41) is 3.63. The summed E-state index contributed by atoms with van der Waals surface area (Å²) in [4.78, 5) is 0. The van der Waals surface area contributed by atoms with Gasteiger partial charge >= 0.3 is 0 Å². The maximum atomic E-state index is 5.63. The maximum Gasteiger partial charge on any atom is 0.0986 e. The molecule has 1 N–H and O–H groups in total. The van der Waals surface area contributed by atoms with Crippen LogP contribution in [0.4, 0.5) is 0 Å². The van der Waals surface area contributed by atoms with Crippen molar-refractivity contribution in [2.45, 2.75) is 59.3 Å². The van der Waals surface area contributed by atoms with Crippen LogP contribution < -0.4 is 5.32 Å². The Morgan fingerprint density at radius 1 is 1.35 bits per heavy atom. The van der Waals surface area contributed by atoms with Gasteiger partial charge in [-0.3, -0.25) is 0 Å². The first-order valence-electron chi connectivity index (χ1n) is 6.80. The van der Waals surface area contributed by atoms with E-state index in [9.17, 15) is 0 Å². The molecule has 3 atom stereocenters. The molecular weight excluding hydrogens is 214 g/mol.